The summed E-state index contributed by atoms with van der Waals surface area (Å²) in [5, 5.41) is 6.32. The molecule has 20 heavy (non-hydrogen) atoms. The van der Waals surface area contributed by atoms with E-state index in [1.165, 1.54) is 6.20 Å². The van der Waals surface area contributed by atoms with Crippen molar-refractivity contribution in [2.75, 3.05) is 5.73 Å². The zero-order valence-electron chi connectivity index (χ0n) is 11.7. The van der Waals surface area contributed by atoms with Gasteiger partial charge in [0.05, 0.1) is 11.1 Å². The second kappa shape index (κ2) is 5.26. The van der Waals surface area contributed by atoms with Gasteiger partial charge < -0.3 is 5.73 Å². The molecular formula is C13H18N4O2S. The number of H-pyrrole nitrogens is 1. The van der Waals surface area contributed by atoms with Gasteiger partial charge in [0.15, 0.2) is 0 Å². The number of nitrogens with zero attached hydrogens (tertiary/aromatic N) is 1. The van der Waals surface area contributed by atoms with Crippen LogP contribution in [-0.2, 0) is 16.6 Å². The Morgan fingerprint density at radius 3 is 2.35 bits per heavy atom. The van der Waals surface area contributed by atoms with Crippen LogP contribution in [0.4, 0.5) is 5.82 Å². The Labute approximate surface area is 118 Å². The Kier molecular flexibility index (Phi) is 3.82. The lowest BCUT2D eigenvalue weighted by atomic mass is 10.1. The van der Waals surface area contributed by atoms with E-state index in [9.17, 15) is 8.42 Å². The summed E-state index contributed by atoms with van der Waals surface area (Å²) in [7, 11) is -3.58. The minimum Gasteiger partial charge on any atom is -0.384 e. The quantitative estimate of drug-likeness (QED) is 0.793. The molecule has 2 rings (SSSR count). The fourth-order valence-electron chi connectivity index (χ4n) is 2.30. The molecule has 4 N–H and O–H groups in total. The van der Waals surface area contributed by atoms with Crippen molar-refractivity contribution in [3.8, 4) is 0 Å². The van der Waals surface area contributed by atoms with Gasteiger partial charge in [-0.05, 0) is 31.9 Å². The molecule has 7 heteroatoms. The number of hydrogen-bond acceptors (Lipinski definition) is 4. The van der Waals surface area contributed by atoms with Gasteiger partial charge in [0, 0.05) is 12.1 Å². The molecule has 1 aromatic heterocycles. The van der Waals surface area contributed by atoms with Crippen molar-refractivity contribution in [2.24, 2.45) is 0 Å². The second-order valence-electron chi connectivity index (χ2n) is 4.86. The van der Waals surface area contributed by atoms with Crippen LogP contribution in [0.25, 0.3) is 0 Å². The zero-order valence-corrected chi connectivity index (χ0v) is 12.5. The van der Waals surface area contributed by atoms with Crippen molar-refractivity contribution in [2.45, 2.75) is 32.2 Å². The van der Waals surface area contributed by atoms with Crippen LogP contribution in [0.1, 0.15) is 22.3 Å². The van der Waals surface area contributed by atoms with Crippen molar-refractivity contribution in [1.82, 2.24) is 14.9 Å². The molecule has 0 fully saturated rings. The summed E-state index contributed by atoms with van der Waals surface area (Å²) < 4.78 is 27.4. The molecule has 0 saturated heterocycles. The van der Waals surface area contributed by atoms with Gasteiger partial charge in [-0.3, -0.25) is 5.10 Å². The number of aromatic nitrogens is 2. The Morgan fingerprint density at radius 2 is 1.85 bits per heavy atom. The SMILES string of the molecule is Cc1cc(C)c(S(=O)(=O)NCc2cn[nH]c2N)c(C)c1. The largest absolute Gasteiger partial charge is 0.384 e. The van der Waals surface area contributed by atoms with Gasteiger partial charge in [-0.1, -0.05) is 17.7 Å². The molecule has 0 aliphatic carbocycles. The number of nitrogens with one attached hydrogen (secondary N) is 2. The van der Waals surface area contributed by atoms with Crippen LogP contribution < -0.4 is 10.5 Å². The van der Waals surface area contributed by atoms with Crippen LogP contribution in [0.5, 0.6) is 0 Å². The first kappa shape index (κ1) is 14.5. The molecule has 0 saturated carbocycles. The maximum Gasteiger partial charge on any atom is 0.241 e. The van der Waals surface area contributed by atoms with Crippen LogP contribution in [0.2, 0.25) is 0 Å². The molecule has 108 valence electrons. The van der Waals surface area contributed by atoms with Gasteiger partial charge in [-0.2, -0.15) is 5.10 Å². The van der Waals surface area contributed by atoms with Crippen molar-refractivity contribution in [1.29, 1.82) is 0 Å². The highest BCUT2D eigenvalue weighted by molar-refractivity contribution is 7.89. The fraction of sp³-hybridized carbons (Fsp3) is 0.308. The number of aryl methyl sites for hydroxylation is 3. The van der Waals surface area contributed by atoms with E-state index < -0.39 is 10.0 Å². The lowest BCUT2D eigenvalue weighted by molar-refractivity contribution is 0.580. The Morgan fingerprint density at radius 1 is 1.25 bits per heavy atom. The number of aromatic amines is 1. The number of rotatable bonds is 4. The summed E-state index contributed by atoms with van der Waals surface area (Å²) in [5.41, 5.74) is 8.76. The molecule has 0 spiro atoms. The molecule has 0 unspecified atom stereocenters. The summed E-state index contributed by atoms with van der Waals surface area (Å²) in [6, 6.07) is 3.71. The lowest BCUT2D eigenvalue weighted by Gasteiger charge is -2.12. The van der Waals surface area contributed by atoms with Crippen LogP contribution in [0.15, 0.2) is 23.2 Å². The highest BCUT2D eigenvalue weighted by Crippen LogP contribution is 2.22. The third-order valence-corrected chi connectivity index (χ3v) is 4.78. The average molecular weight is 294 g/mol. The van der Waals surface area contributed by atoms with Crippen LogP contribution in [-0.4, -0.2) is 18.6 Å². The molecule has 0 aliphatic heterocycles. The lowest BCUT2D eigenvalue weighted by Crippen LogP contribution is -2.25. The Balaban J connectivity index is 2.30. The predicted molar refractivity (Wildman–Crippen MR) is 77.7 cm³/mol. The standard InChI is InChI=1S/C13H18N4O2S/c1-8-4-9(2)12(10(3)5-8)20(18,19)16-7-11-6-15-17-13(11)14/h4-6,16H,7H2,1-3H3,(H3,14,15,17). The molecule has 2 aromatic rings. The van der Waals surface area contributed by atoms with Crippen LogP contribution in [0.3, 0.4) is 0 Å². The highest BCUT2D eigenvalue weighted by Gasteiger charge is 2.20. The van der Waals surface area contributed by atoms with E-state index in [2.05, 4.69) is 14.9 Å². The third-order valence-electron chi connectivity index (χ3n) is 3.08. The first-order valence-corrected chi connectivity index (χ1v) is 7.65. The number of anilines is 1. The normalized spacial score (nSPS) is 11.8. The van der Waals surface area contributed by atoms with E-state index in [1.54, 1.807) is 13.8 Å². The van der Waals surface area contributed by atoms with E-state index in [0.29, 0.717) is 16.3 Å². The molecule has 0 radical (unpaired) electrons. The second-order valence-corrected chi connectivity index (χ2v) is 6.57. The first-order chi connectivity index (χ1) is 9.31. The van der Waals surface area contributed by atoms with Gasteiger partial charge in [-0.25, -0.2) is 13.1 Å². The van der Waals surface area contributed by atoms with E-state index in [-0.39, 0.29) is 6.54 Å². The summed E-state index contributed by atoms with van der Waals surface area (Å²) in [5.74, 6) is 0.366. The van der Waals surface area contributed by atoms with Crippen molar-refractivity contribution in [3.05, 3.63) is 40.6 Å². The molecule has 1 heterocycles. The summed E-state index contributed by atoms with van der Waals surface area (Å²) in [6.45, 7) is 5.63. The Hall–Kier alpha value is -1.86. The maximum absolute atomic E-state index is 12.4. The third kappa shape index (κ3) is 2.83. The smallest absolute Gasteiger partial charge is 0.241 e. The minimum absolute atomic E-state index is 0.109. The summed E-state index contributed by atoms with van der Waals surface area (Å²) in [6.07, 6.45) is 1.51. The van der Waals surface area contributed by atoms with Crippen molar-refractivity contribution in [3.63, 3.8) is 0 Å². The maximum atomic E-state index is 12.4. The topological polar surface area (TPSA) is 101 Å². The minimum atomic E-state index is -3.58. The van der Waals surface area contributed by atoms with E-state index in [0.717, 1.165) is 16.7 Å². The zero-order chi connectivity index (χ0) is 14.9. The number of sulfonamides is 1. The number of hydrogen-bond donors (Lipinski definition) is 3. The Bertz CT molecular complexity index is 712. The monoisotopic (exact) mass is 294 g/mol. The van der Waals surface area contributed by atoms with Gasteiger partial charge in [0.2, 0.25) is 10.0 Å². The summed E-state index contributed by atoms with van der Waals surface area (Å²) >= 11 is 0. The van der Waals surface area contributed by atoms with Gasteiger partial charge in [-0.15, -0.1) is 0 Å². The fourth-order valence-corrected chi connectivity index (χ4v) is 3.75. The van der Waals surface area contributed by atoms with Gasteiger partial charge >= 0.3 is 0 Å². The van der Waals surface area contributed by atoms with Crippen LogP contribution in [0, 0.1) is 20.8 Å². The number of benzene rings is 1. The molecular weight excluding hydrogens is 276 g/mol. The highest BCUT2D eigenvalue weighted by atomic mass is 32.2. The van der Waals surface area contributed by atoms with E-state index in [4.69, 9.17) is 5.73 Å². The summed E-state index contributed by atoms with van der Waals surface area (Å²) in [4.78, 5) is 0.324. The molecule has 6 nitrogen and oxygen atoms in total. The number of nitrogen functional groups attached to an aromatic ring is 1. The van der Waals surface area contributed by atoms with Gasteiger partial charge in [0.1, 0.15) is 5.82 Å². The molecule has 0 atom stereocenters. The molecule has 0 amide bonds. The predicted octanol–water partition coefficient (Wildman–Crippen LogP) is 1.40. The molecule has 1 aromatic carbocycles. The van der Waals surface area contributed by atoms with E-state index in [1.807, 2.05) is 19.1 Å². The van der Waals surface area contributed by atoms with E-state index >= 15 is 0 Å². The molecule has 0 bridgehead atoms. The van der Waals surface area contributed by atoms with Gasteiger partial charge in [0.25, 0.3) is 0 Å². The average Bonchev–Trinajstić information content (AvgIpc) is 2.70. The van der Waals surface area contributed by atoms with Crippen molar-refractivity contribution < 1.29 is 8.42 Å². The first-order valence-electron chi connectivity index (χ1n) is 6.16. The molecule has 0 aliphatic rings. The number of nitrogens with two attached hydrogens (primary N) is 1. The van der Waals surface area contributed by atoms with Crippen molar-refractivity contribution >= 4 is 15.8 Å². The van der Waals surface area contributed by atoms with Crippen LogP contribution >= 0.6 is 0 Å².